The SMILES string of the molecule is COc1cncc([B]OC(C)(C)C(C)(C)P)c1. The molecule has 1 unspecified atom stereocenters. The van der Waals surface area contributed by atoms with Crippen LogP contribution in [0.2, 0.25) is 0 Å². The van der Waals surface area contributed by atoms with Gasteiger partial charge in [0.1, 0.15) is 5.75 Å². The fraction of sp³-hybridized carbons (Fsp3) is 0.583. The minimum Gasteiger partial charge on any atom is -0.495 e. The summed E-state index contributed by atoms with van der Waals surface area (Å²) in [7, 11) is 6.15. The molecule has 0 saturated carbocycles. The predicted molar refractivity (Wildman–Crippen MR) is 75.1 cm³/mol. The second kappa shape index (κ2) is 5.37. The Balaban J connectivity index is 2.67. The first-order chi connectivity index (χ1) is 7.76. The number of aromatic nitrogens is 1. The van der Waals surface area contributed by atoms with Crippen molar-refractivity contribution >= 4 is 22.2 Å². The van der Waals surface area contributed by atoms with Crippen LogP contribution in [-0.2, 0) is 4.65 Å². The van der Waals surface area contributed by atoms with E-state index in [4.69, 9.17) is 9.39 Å². The fourth-order valence-electron chi connectivity index (χ4n) is 0.979. The Bertz CT molecular complexity index is 377. The van der Waals surface area contributed by atoms with Crippen molar-refractivity contribution in [2.45, 2.75) is 38.5 Å². The van der Waals surface area contributed by atoms with Crippen molar-refractivity contribution in [3.8, 4) is 5.75 Å². The molecule has 0 bridgehead atoms. The van der Waals surface area contributed by atoms with Crippen molar-refractivity contribution in [2.75, 3.05) is 7.11 Å². The third kappa shape index (κ3) is 3.97. The van der Waals surface area contributed by atoms with Crippen LogP contribution >= 0.6 is 9.24 Å². The van der Waals surface area contributed by atoms with Gasteiger partial charge in [-0.2, -0.15) is 0 Å². The van der Waals surface area contributed by atoms with E-state index in [1.54, 1.807) is 27.0 Å². The summed E-state index contributed by atoms with van der Waals surface area (Å²) < 4.78 is 10.9. The van der Waals surface area contributed by atoms with Crippen molar-refractivity contribution in [3.63, 3.8) is 0 Å². The molecule has 17 heavy (non-hydrogen) atoms. The molecule has 1 heterocycles. The average Bonchev–Trinajstić information content (AvgIpc) is 2.25. The second-order valence-electron chi connectivity index (χ2n) is 5.13. The van der Waals surface area contributed by atoms with Gasteiger partial charge in [0, 0.05) is 11.4 Å². The van der Waals surface area contributed by atoms with Crippen molar-refractivity contribution < 1.29 is 9.39 Å². The lowest BCUT2D eigenvalue weighted by Crippen LogP contribution is -2.45. The Morgan fingerprint density at radius 3 is 2.41 bits per heavy atom. The average molecular weight is 252 g/mol. The Hall–Kier alpha value is -0.595. The Morgan fingerprint density at radius 1 is 1.24 bits per heavy atom. The molecule has 0 aliphatic carbocycles. The van der Waals surface area contributed by atoms with Gasteiger partial charge in [-0.25, -0.2) is 0 Å². The zero-order valence-electron chi connectivity index (χ0n) is 11.2. The molecule has 93 valence electrons. The van der Waals surface area contributed by atoms with Gasteiger partial charge in [-0.3, -0.25) is 4.98 Å². The van der Waals surface area contributed by atoms with E-state index >= 15 is 0 Å². The molecule has 0 N–H and O–H groups in total. The number of rotatable bonds is 5. The Morgan fingerprint density at radius 2 is 1.88 bits per heavy atom. The first-order valence-electron chi connectivity index (χ1n) is 5.55. The molecule has 0 aliphatic rings. The molecular weight excluding hydrogens is 232 g/mol. The molecule has 0 spiro atoms. The summed E-state index contributed by atoms with van der Waals surface area (Å²) in [5.74, 6) is 0.727. The molecule has 0 aromatic carbocycles. The van der Waals surface area contributed by atoms with Crippen LogP contribution in [0.3, 0.4) is 0 Å². The van der Waals surface area contributed by atoms with Crippen molar-refractivity contribution in [1.29, 1.82) is 0 Å². The molecule has 0 saturated heterocycles. The molecule has 1 radical (unpaired) electrons. The molecule has 0 amide bonds. The van der Waals surface area contributed by atoms with Gasteiger partial charge in [-0.05, 0) is 25.4 Å². The van der Waals surface area contributed by atoms with Crippen LogP contribution in [0.4, 0.5) is 0 Å². The quantitative estimate of drug-likeness (QED) is 0.591. The second-order valence-corrected chi connectivity index (χ2v) is 6.57. The van der Waals surface area contributed by atoms with E-state index in [2.05, 4.69) is 41.9 Å². The van der Waals surface area contributed by atoms with E-state index in [1.165, 1.54) is 0 Å². The highest BCUT2D eigenvalue weighted by atomic mass is 31.0. The van der Waals surface area contributed by atoms with Gasteiger partial charge in [0.25, 0.3) is 0 Å². The number of pyridine rings is 1. The molecule has 0 fully saturated rings. The maximum absolute atomic E-state index is 5.84. The lowest BCUT2D eigenvalue weighted by molar-refractivity contribution is 0.0841. The summed E-state index contributed by atoms with van der Waals surface area (Å²) in [5, 5.41) is -0.0181. The molecule has 1 atom stereocenters. The van der Waals surface area contributed by atoms with E-state index in [1.807, 2.05) is 6.07 Å². The smallest absolute Gasteiger partial charge is 0.332 e. The lowest BCUT2D eigenvalue weighted by Gasteiger charge is -2.38. The number of hydrogen-bond acceptors (Lipinski definition) is 3. The van der Waals surface area contributed by atoms with Crippen molar-refractivity contribution in [3.05, 3.63) is 18.5 Å². The maximum Gasteiger partial charge on any atom is 0.332 e. The molecular formula is C12H20BNO2P. The van der Waals surface area contributed by atoms with Gasteiger partial charge >= 0.3 is 7.48 Å². The summed E-state index contributed by atoms with van der Waals surface area (Å²) in [6, 6.07) is 1.89. The third-order valence-electron chi connectivity index (χ3n) is 3.01. The topological polar surface area (TPSA) is 31.4 Å². The summed E-state index contributed by atoms with van der Waals surface area (Å²) >= 11 is 0. The largest absolute Gasteiger partial charge is 0.495 e. The monoisotopic (exact) mass is 252 g/mol. The van der Waals surface area contributed by atoms with E-state index in [-0.39, 0.29) is 10.8 Å². The van der Waals surface area contributed by atoms with E-state index in [0.717, 1.165) is 11.2 Å². The maximum atomic E-state index is 5.84. The molecule has 5 heteroatoms. The summed E-state index contributed by atoms with van der Waals surface area (Å²) in [5.41, 5.74) is 0.618. The highest BCUT2D eigenvalue weighted by Crippen LogP contribution is 2.32. The molecule has 1 rings (SSSR count). The van der Waals surface area contributed by atoms with Gasteiger partial charge in [-0.15, -0.1) is 9.24 Å². The number of methoxy groups -OCH3 is 1. The standard InChI is InChI=1S/C12H20BNO2P/c1-11(2,12(3,4)17)16-13-9-6-10(15-5)8-14-7-9/h6-8H,17H2,1-5H3. The number of ether oxygens (including phenoxy) is 1. The first kappa shape index (κ1) is 14.5. The normalized spacial score (nSPS) is 12.4. The summed E-state index contributed by atoms with van der Waals surface area (Å²) in [6.45, 7) is 8.36. The van der Waals surface area contributed by atoms with E-state index in [0.29, 0.717) is 0 Å². The highest BCUT2D eigenvalue weighted by molar-refractivity contribution is 7.19. The van der Waals surface area contributed by atoms with Crippen LogP contribution in [0, 0.1) is 0 Å². The van der Waals surface area contributed by atoms with E-state index < -0.39 is 0 Å². The Labute approximate surface area is 107 Å². The minimum atomic E-state index is -0.277. The molecule has 0 aliphatic heterocycles. The van der Waals surface area contributed by atoms with Gasteiger partial charge in [0.15, 0.2) is 0 Å². The highest BCUT2D eigenvalue weighted by Gasteiger charge is 2.33. The summed E-state index contributed by atoms with van der Waals surface area (Å²) in [4.78, 5) is 4.08. The van der Waals surface area contributed by atoms with Gasteiger partial charge in [0.05, 0.1) is 18.9 Å². The van der Waals surface area contributed by atoms with Crippen LogP contribution in [-0.4, -0.2) is 30.3 Å². The minimum absolute atomic E-state index is 0.0181. The summed E-state index contributed by atoms with van der Waals surface area (Å²) in [6.07, 6.45) is 3.41. The van der Waals surface area contributed by atoms with Crippen LogP contribution in [0.1, 0.15) is 27.7 Å². The molecule has 3 nitrogen and oxygen atoms in total. The van der Waals surface area contributed by atoms with Crippen LogP contribution in [0.15, 0.2) is 18.5 Å². The van der Waals surface area contributed by atoms with Crippen LogP contribution in [0.5, 0.6) is 5.75 Å². The Kier molecular flexibility index (Phi) is 4.57. The first-order valence-corrected chi connectivity index (χ1v) is 6.13. The lowest BCUT2D eigenvalue weighted by atomic mass is 9.85. The zero-order valence-corrected chi connectivity index (χ0v) is 12.3. The zero-order chi connectivity index (χ0) is 13.1. The van der Waals surface area contributed by atoms with E-state index in [9.17, 15) is 0 Å². The molecule has 1 aromatic rings. The number of nitrogens with zero attached hydrogens (tertiary/aromatic N) is 1. The van der Waals surface area contributed by atoms with Crippen LogP contribution in [0.25, 0.3) is 0 Å². The van der Waals surface area contributed by atoms with Crippen molar-refractivity contribution in [2.24, 2.45) is 0 Å². The van der Waals surface area contributed by atoms with Gasteiger partial charge < -0.3 is 9.39 Å². The predicted octanol–water partition coefficient (Wildman–Crippen LogP) is 1.78. The third-order valence-corrected chi connectivity index (χ3v) is 3.71. The van der Waals surface area contributed by atoms with Crippen LogP contribution < -0.4 is 10.2 Å². The van der Waals surface area contributed by atoms with Gasteiger partial charge in [-0.1, -0.05) is 13.8 Å². The fourth-order valence-corrected chi connectivity index (χ4v) is 1.05. The van der Waals surface area contributed by atoms with Crippen molar-refractivity contribution in [1.82, 2.24) is 4.98 Å². The van der Waals surface area contributed by atoms with Gasteiger partial charge in [0.2, 0.25) is 0 Å². The number of hydrogen-bond donors (Lipinski definition) is 0. The molecule has 1 aromatic heterocycles.